The molecule has 2 aromatic heterocycles. The Bertz CT molecular complexity index is 1320. The monoisotopic (exact) mass is 491 g/mol. The predicted molar refractivity (Wildman–Crippen MR) is 125 cm³/mol. The van der Waals surface area contributed by atoms with Crippen LogP contribution in [0.4, 0.5) is 15.0 Å². The summed E-state index contributed by atoms with van der Waals surface area (Å²) in [5, 5.41) is 13.4. The van der Waals surface area contributed by atoms with Crippen LogP contribution < -0.4 is 14.4 Å². The maximum Gasteiger partial charge on any atom is 0.412 e. The molecular weight excluding hydrogens is 465 g/mol. The van der Waals surface area contributed by atoms with E-state index in [-0.39, 0.29) is 29.6 Å². The number of halogens is 1. The molecule has 9 nitrogen and oxygen atoms in total. The molecular formula is C23H26FN3O6S. The number of aliphatic hydroxyl groups is 1. The Morgan fingerprint density at radius 2 is 2.00 bits per heavy atom. The van der Waals surface area contributed by atoms with Gasteiger partial charge in [0.15, 0.2) is 11.5 Å². The van der Waals surface area contributed by atoms with E-state index in [1.807, 2.05) is 0 Å². The third-order valence-corrected chi connectivity index (χ3v) is 7.12. The number of pyridine rings is 1. The molecule has 0 radical (unpaired) electrons. The van der Waals surface area contributed by atoms with Crippen molar-refractivity contribution in [2.24, 2.45) is 0 Å². The van der Waals surface area contributed by atoms with Gasteiger partial charge < -0.3 is 19.6 Å². The highest BCUT2D eigenvalue weighted by Gasteiger charge is 2.32. The highest BCUT2D eigenvalue weighted by Crippen LogP contribution is 2.43. The number of carbonyl (C=O) groups is 1. The number of amides is 1. The molecule has 2 unspecified atom stereocenters. The topological polar surface area (TPSA) is 122 Å². The average Bonchev–Trinajstić information content (AvgIpc) is 3.15. The van der Waals surface area contributed by atoms with Crippen molar-refractivity contribution < 1.29 is 31.9 Å². The fourth-order valence-corrected chi connectivity index (χ4v) is 5.00. The van der Waals surface area contributed by atoms with E-state index in [2.05, 4.69) is 10.3 Å². The summed E-state index contributed by atoms with van der Waals surface area (Å²) in [6.45, 7) is 2.00. The predicted octanol–water partition coefficient (Wildman–Crippen LogP) is 3.77. The van der Waals surface area contributed by atoms with Gasteiger partial charge in [0.1, 0.15) is 11.6 Å². The molecule has 0 saturated carbocycles. The highest BCUT2D eigenvalue weighted by molar-refractivity contribution is 7.92. The van der Waals surface area contributed by atoms with E-state index in [1.165, 1.54) is 35.6 Å². The molecule has 182 valence electrons. The summed E-state index contributed by atoms with van der Waals surface area (Å²) in [5.74, 6) is -0.540. The van der Waals surface area contributed by atoms with Crippen molar-refractivity contribution in [3.8, 4) is 17.1 Å². The number of aromatic nitrogens is 1. The summed E-state index contributed by atoms with van der Waals surface area (Å²) < 4.78 is 51.4. The van der Waals surface area contributed by atoms with E-state index in [9.17, 15) is 22.7 Å². The molecule has 1 aromatic carbocycles. The minimum Gasteiger partial charge on any atom is -0.434 e. The van der Waals surface area contributed by atoms with Gasteiger partial charge in [0.25, 0.3) is 0 Å². The van der Waals surface area contributed by atoms with Gasteiger partial charge in [0.2, 0.25) is 15.7 Å². The van der Waals surface area contributed by atoms with Crippen molar-refractivity contribution >= 4 is 33.0 Å². The van der Waals surface area contributed by atoms with Gasteiger partial charge in [0.05, 0.1) is 17.7 Å². The van der Waals surface area contributed by atoms with Crippen molar-refractivity contribution in [1.82, 2.24) is 10.3 Å². The van der Waals surface area contributed by atoms with Gasteiger partial charge in [-0.05, 0) is 49.6 Å². The van der Waals surface area contributed by atoms with Crippen LogP contribution >= 0.6 is 0 Å². The second-order valence-electron chi connectivity index (χ2n) is 8.35. The van der Waals surface area contributed by atoms with E-state index >= 15 is 0 Å². The van der Waals surface area contributed by atoms with Crippen molar-refractivity contribution in [3.05, 3.63) is 41.7 Å². The van der Waals surface area contributed by atoms with Crippen molar-refractivity contribution in [2.45, 2.75) is 38.2 Å². The Hall–Kier alpha value is -3.18. The number of rotatable bonds is 3. The lowest BCUT2D eigenvalue weighted by atomic mass is 9.92. The Kier molecular flexibility index (Phi) is 6.50. The number of furan rings is 1. The largest absolute Gasteiger partial charge is 0.434 e. The van der Waals surface area contributed by atoms with Crippen LogP contribution in [-0.4, -0.2) is 50.6 Å². The summed E-state index contributed by atoms with van der Waals surface area (Å²) in [5.41, 5.74) is 0.975. The number of sulfonamides is 1. The maximum atomic E-state index is 13.5. The molecule has 4 rings (SSSR count). The van der Waals surface area contributed by atoms with Crippen molar-refractivity contribution in [2.75, 3.05) is 24.2 Å². The van der Waals surface area contributed by atoms with Crippen LogP contribution in [0.25, 0.3) is 22.4 Å². The van der Waals surface area contributed by atoms with Crippen LogP contribution in [0.1, 0.15) is 37.7 Å². The lowest BCUT2D eigenvalue weighted by Crippen LogP contribution is -2.32. The number of fused-ring (bicyclic) bond motifs is 2. The van der Waals surface area contributed by atoms with Crippen molar-refractivity contribution in [1.29, 1.82) is 0 Å². The van der Waals surface area contributed by atoms with Gasteiger partial charge in [-0.25, -0.2) is 17.6 Å². The smallest absolute Gasteiger partial charge is 0.412 e. The molecule has 0 aliphatic carbocycles. The Labute approximate surface area is 196 Å². The van der Waals surface area contributed by atoms with Gasteiger partial charge in [-0.1, -0.05) is 6.92 Å². The van der Waals surface area contributed by atoms with Gasteiger partial charge >= 0.3 is 6.09 Å². The number of benzene rings is 1. The molecule has 0 bridgehead atoms. The first-order valence-electron chi connectivity index (χ1n) is 10.9. The molecule has 2 atom stereocenters. The summed E-state index contributed by atoms with van der Waals surface area (Å²) in [6.07, 6.45) is 1.35. The first-order valence-corrected chi connectivity index (χ1v) is 12.7. The van der Waals surface area contributed by atoms with Gasteiger partial charge in [-0.3, -0.25) is 4.31 Å². The molecule has 0 spiro atoms. The number of carbonyl (C=O) groups excluding carboxylic acids is 1. The summed E-state index contributed by atoms with van der Waals surface area (Å²) in [4.78, 5) is 16.6. The van der Waals surface area contributed by atoms with Crippen LogP contribution in [0.3, 0.4) is 0 Å². The summed E-state index contributed by atoms with van der Waals surface area (Å²) >= 11 is 0. The summed E-state index contributed by atoms with van der Waals surface area (Å²) in [6, 6.07) is 7.07. The maximum absolute atomic E-state index is 13.5. The number of aliphatic hydroxyl groups excluding tert-OH is 1. The Morgan fingerprint density at radius 3 is 2.65 bits per heavy atom. The first-order chi connectivity index (χ1) is 16.1. The molecule has 2 N–H and O–H groups in total. The zero-order valence-corrected chi connectivity index (χ0v) is 19.9. The molecule has 1 aliphatic rings. The van der Waals surface area contributed by atoms with E-state index in [0.717, 1.165) is 6.26 Å². The lowest BCUT2D eigenvalue weighted by molar-refractivity contribution is 0.137. The SMILES string of the molecule is CNC(=O)Oc1c(-c2ccc(F)cc2)oc2nc3c(cc12)C(C)C(O)CCCCN3S(C)(=O)=O. The van der Waals surface area contributed by atoms with Crippen LogP contribution in [0.2, 0.25) is 0 Å². The molecule has 0 saturated heterocycles. The molecule has 1 aliphatic heterocycles. The normalized spacial score (nSPS) is 19.1. The minimum atomic E-state index is -3.68. The van der Waals surface area contributed by atoms with E-state index in [1.54, 1.807) is 13.0 Å². The third-order valence-electron chi connectivity index (χ3n) is 5.97. The number of hydrogen-bond acceptors (Lipinski definition) is 7. The summed E-state index contributed by atoms with van der Waals surface area (Å²) in [7, 11) is -2.27. The van der Waals surface area contributed by atoms with Crippen molar-refractivity contribution in [3.63, 3.8) is 0 Å². The molecule has 3 heterocycles. The number of anilines is 1. The fourth-order valence-electron chi connectivity index (χ4n) is 4.07. The minimum absolute atomic E-state index is 0.0477. The number of hydrogen-bond donors (Lipinski definition) is 2. The molecule has 3 aromatic rings. The van der Waals surface area contributed by atoms with E-state index < -0.39 is 34.0 Å². The van der Waals surface area contributed by atoms with E-state index in [4.69, 9.17) is 9.15 Å². The number of nitrogens with one attached hydrogen (secondary N) is 1. The van der Waals surface area contributed by atoms with Crippen LogP contribution in [-0.2, 0) is 10.0 Å². The van der Waals surface area contributed by atoms with Gasteiger partial charge in [0, 0.05) is 30.6 Å². The second kappa shape index (κ2) is 9.22. The molecule has 1 amide bonds. The average molecular weight is 492 g/mol. The number of nitrogens with zero attached hydrogens (tertiary/aromatic N) is 2. The lowest BCUT2D eigenvalue weighted by Gasteiger charge is -2.25. The molecule has 11 heteroatoms. The second-order valence-corrected chi connectivity index (χ2v) is 10.3. The van der Waals surface area contributed by atoms with Gasteiger partial charge in [-0.2, -0.15) is 4.98 Å². The fraction of sp³-hybridized carbons (Fsp3) is 0.391. The zero-order chi connectivity index (χ0) is 24.6. The van der Waals surface area contributed by atoms with Gasteiger partial charge in [-0.15, -0.1) is 0 Å². The Balaban J connectivity index is 2.01. The molecule has 34 heavy (non-hydrogen) atoms. The Morgan fingerprint density at radius 1 is 1.29 bits per heavy atom. The first kappa shape index (κ1) is 24.0. The third kappa shape index (κ3) is 4.58. The van der Waals surface area contributed by atoms with Crippen LogP contribution in [0, 0.1) is 5.82 Å². The van der Waals surface area contributed by atoms with Crippen LogP contribution in [0.5, 0.6) is 5.75 Å². The quantitative estimate of drug-likeness (QED) is 0.572. The van der Waals surface area contributed by atoms with Crippen LogP contribution in [0.15, 0.2) is 34.7 Å². The highest BCUT2D eigenvalue weighted by atomic mass is 32.2. The molecule has 0 fully saturated rings. The number of ether oxygens (including phenoxy) is 1. The van der Waals surface area contributed by atoms with E-state index in [0.29, 0.717) is 35.8 Å². The zero-order valence-electron chi connectivity index (χ0n) is 19.0. The standard InChI is InChI=1S/C23H26FN3O6S/c1-13-16-12-17-20(33-23(29)25-2)19(14-7-9-15(24)10-8-14)32-22(17)26-21(16)27(34(3,30)31)11-5-4-6-18(13)28/h7-10,12-13,18,28H,4-6,11H2,1-3H3,(H,25,29).